The van der Waals surface area contributed by atoms with Crippen molar-refractivity contribution < 1.29 is 14.4 Å². The van der Waals surface area contributed by atoms with Crippen LogP contribution in [0.4, 0.5) is 0 Å². The zero-order valence-electron chi connectivity index (χ0n) is 10.3. The van der Waals surface area contributed by atoms with Crippen molar-refractivity contribution in [2.75, 3.05) is 13.6 Å². The molecule has 1 aliphatic rings. The SMILES string of the molecule is CC(C)=O.CC(C)=O.CN1CCCC1=O. The number of ketones is 2. The molecule has 0 spiro atoms. The molecule has 0 aromatic heterocycles. The summed E-state index contributed by atoms with van der Waals surface area (Å²) in [5, 5.41) is 0. The Morgan fingerprint density at radius 3 is 1.47 bits per heavy atom. The number of hydrogen-bond acceptors (Lipinski definition) is 3. The topological polar surface area (TPSA) is 54.5 Å². The maximum atomic E-state index is 10.5. The molecule has 0 aliphatic carbocycles. The van der Waals surface area contributed by atoms with Gasteiger partial charge in [0.2, 0.25) is 5.91 Å². The van der Waals surface area contributed by atoms with Gasteiger partial charge in [0.05, 0.1) is 0 Å². The van der Waals surface area contributed by atoms with E-state index in [1.807, 2.05) is 7.05 Å². The van der Waals surface area contributed by atoms with Crippen LogP contribution >= 0.6 is 0 Å². The van der Waals surface area contributed by atoms with Crippen molar-refractivity contribution in [3.63, 3.8) is 0 Å². The third-order valence-corrected chi connectivity index (χ3v) is 1.31. The fraction of sp³-hybridized carbons (Fsp3) is 0.727. The van der Waals surface area contributed by atoms with Crippen molar-refractivity contribution >= 4 is 17.5 Å². The van der Waals surface area contributed by atoms with E-state index in [-0.39, 0.29) is 11.6 Å². The predicted molar refractivity (Wildman–Crippen MR) is 59.6 cm³/mol. The monoisotopic (exact) mass is 215 g/mol. The van der Waals surface area contributed by atoms with E-state index in [1.165, 1.54) is 27.7 Å². The zero-order chi connectivity index (χ0) is 12.4. The van der Waals surface area contributed by atoms with Gasteiger partial charge >= 0.3 is 0 Å². The highest BCUT2D eigenvalue weighted by Gasteiger charge is 2.14. The van der Waals surface area contributed by atoms with Gasteiger partial charge in [-0.05, 0) is 34.1 Å². The van der Waals surface area contributed by atoms with Crippen LogP contribution in [0.25, 0.3) is 0 Å². The molecule has 15 heavy (non-hydrogen) atoms. The first-order valence-corrected chi connectivity index (χ1v) is 4.95. The molecular weight excluding hydrogens is 194 g/mol. The highest BCUT2D eigenvalue weighted by Crippen LogP contribution is 2.04. The molecule has 0 radical (unpaired) electrons. The van der Waals surface area contributed by atoms with Crippen LogP contribution < -0.4 is 0 Å². The third kappa shape index (κ3) is 19.3. The van der Waals surface area contributed by atoms with E-state index >= 15 is 0 Å². The molecule has 0 N–H and O–H groups in total. The summed E-state index contributed by atoms with van der Waals surface area (Å²) in [6, 6.07) is 0. The molecule has 0 aromatic rings. The molecule has 1 amide bonds. The largest absolute Gasteiger partial charge is 0.346 e. The van der Waals surface area contributed by atoms with E-state index in [4.69, 9.17) is 0 Å². The molecule has 1 rings (SSSR count). The first kappa shape index (κ1) is 16.2. The average molecular weight is 215 g/mol. The van der Waals surface area contributed by atoms with E-state index < -0.39 is 0 Å². The average Bonchev–Trinajstić information content (AvgIpc) is 2.33. The van der Waals surface area contributed by atoms with Gasteiger partial charge in [-0.2, -0.15) is 0 Å². The number of hydrogen-bond donors (Lipinski definition) is 0. The molecule has 88 valence electrons. The lowest BCUT2D eigenvalue weighted by atomic mass is 10.4. The molecule has 0 aromatic carbocycles. The van der Waals surface area contributed by atoms with E-state index in [9.17, 15) is 14.4 Å². The van der Waals surface area contributed by atoms with E-state index in [0.717, 1.165) is 19.4 Å². The summed E-state index contributed by atoms with van der Waals surface area (Å²) in [6.07, 6.45) is 1.81. The van der Waals surface area contributed by atoms with Crippen LogP contribution in [-0.4, -0.2) is 36.0 Å². The fourth-order valence-corrected chi connectivity index (χ4v) is 0.783. The number of nitrogens with zero attached hydrogens (tertiary/aromatic N) is 1. The van der Waals surface area contributed by atoms with Crippen LogP contribution in [0.3, 0.4) is 0 Å². The summed E-state index contributed by atoms with van der Waals surface area (Å²) in [4.78, 5) is 31.2. The molecule has 0 saturated carbocycles. The first-order chi connectivity index (χ1) is 6.77. The number of Topliss-reactive ketones (excluding diaryl/α,β-unsaturated/α-hetero) is 2. The fourth-order valence-electron chi connectivity index (χ4n) is 0.783. The van der Waals surface area contributed by atoms with Crippen LogP contribution in [0.5, 0.6) is 0 Å². The summed E-state index contributed by atoms with van der Waals surface area (Å²) < 4.78 is 0. The van der Waals surface area contributed by atoms with E-state index in [0.29, 0.717) is 5.91 Å². The van der Waals surface area contributed by atoms with Gasteiger partial charge in [0.1, 0.15) is 11.6 Å². The van der Waals surface area contributed by atoms with Gasteiger partial charge in [0, 0.05) is 20.0 Å². The van der Waals surface area contributed by atoms with Gasteiger partial charge < -0.3 is 14.5 Å². The van der Waals surface area contributed by atoms with Crippen LogP contribution in [0.15, 0.2) is 0 Å². The number of rotatable bonds is 0. The number of carbonyl (C=O) groups is 3. The molecule has 1 heterocycles. The predicted octanol–water partition coefficient (Wildman–Crippen LogP) is 1.43. The number of amides is 1. The number of likely N-dealkylation sites (tertiary alicyclic amines) is 1. The van der Waals surface area contributed by atoms with Gasteiger partial charge in [-0.3, -0.25) is 4.79 Å². The van der Waals surface area contributed by atoms with Crippen molar-refractivity contribution in [1.29, 1.82) is 0 Å². The highest BCUT2D eigenvalue weighted by molar-refractivity contribution is 5.77. The van der Waals surface area contributed by atoms with Crippen LogP contribution in [0, 0.1) is 0 Å². The van der Waals surface area contributed by atoms with E-state index in [2.05, 4.69) is 0 Å². The Hall–Kier alpha value is -1.19. The highest BCUT2D eigenvalue weighted by atomic mass is 16.2. The molecule has 0 bridgehead atoms. The lowest BCUT2D eigenvalue weighted by Crippen LogP contribution is -2.17. The summed E-state index contributed by atoms with van der Waals surface area (Å²) in [5.41, 5.74) is 0. The van der Waals surface area contributed by atoms with Gasteiger partial charge in [-0.25, -0.2) is 0 Å². The summed E-state index contributed by atoms with van der Waals surface area (Å²) in [7, 11) is 1.84. The second-order valence-electron chi connectivity index (χ2n) is 3.74. The third-order valence-electron chi connectivity index (χ3n) is 1.31. The van der Waals surface area contributed by atoms with Crippen molar-refractivity contribution in [3.05, 3.63) is 0 Å². The Labute approximate surface area is 91.6 Å². The van der Waals surface area contributed by atoms with Crippen molar-refractivity contribution in [2.24, 2.45) is 0 Å². The van der Waals surface area contributed by atoms with Gasteiger partial charge in [0.25, 0.3) is 0 Å². The molecular formula is C11H21NO3. The second-order valence-corrected chi connectivity index (χ2v) is 3.74. The molecule has 1 saturated heterocycles. The minimum absolute atomic E-state index is 0.167. The summed E-state index contributed by atoms with van der Waals surface area (Å²) in [5.74, 6) is 0.625. The molecule has 4 heteroatoms. The molecule has 4 nitrogen and oxygen atoms in total. The van der Waals surface area contributed by atoms with Crippen LogP contribution in [0.1, 0.15) is 40.5 Å². The second kappa shape index (κ2) is 9.37. The van der Waals surface area contributed by atoms with Gasteiger partial charge in [-0.15, -0.1) is 0 Å². The summed E-state index contributed by atoms with van der Waals surface area (Å²) >= 11 is 0. The zero-order valence-corrected chi connectivity index (χ0v) is 10.3. The van der Waals surface area contributed by atoms with Gasteiger partial charge in [-0.1, -0.05) is 0 Å². The lowest BCUT2D eigenvalue weighted by Gasteiger charge is -2.03. The molecule has 0 atom stereocenters. The minimum atomic E-state index is 0.167. The van der Waals surface area contributed by atoms with Crippen LogP contribution in [0.2, 0.25) is 0 Å². The smallest absolute Gasteiger partial charge is 0.222 e. The summed E-state index contributed by atoms with van der Waals surface area (Å²) in [6.45, 7) is 7.07. The van der Waals surface area contributed by atoms with Crippen molar-refractivity contribution in [1.82, 2.24) is 4.90 Å². The van der Waals surface area contributed by atoms with Crippen LogP contribution in [-0.2, 0) is 14.4 Å². The standard InChI is InChI=1S/C5H9NO.2C3H6O/c1-6-4-2-3-5(6)7;2*1-3(2)4/h2-4H2,1H3;2*1-2H3. The Kier molecular flexibility index (Phi) is 10.1. The Bertz CT molecular complexity index is 204. The van der Waals surface area contributed by atoms with E-state index in [1.54, 1.807) is 4.90 Å². The van der Waals surface area contributed by atoms with Crippen molar-refractivity contribution in [3.8, 4) is 0 Å². The Morgan fingerprint density at radius 1 is 1.07 bits per heavy atom. The maximum absolute atomic E-state index is 10.5. The molecule has 1 fully saturated rings. The Balaban J connectivity index is 0. The normalized spacial score (nSPS) is 13.4. The quantitative estimate of drug-likeness (QED) is 0.614. The number of carbonyl (C=O) groups excluding carboxylic acids is 3. The van der Waals surface area contributed by atoms with Crippen molar-refractivity contribution in [2.45, 2.75) is 40.5 Å². The maximum Gasteiger partial charge on any atom is 0.222 e. The first-order valence-electron chi connectivity index (χ1n) is 4.95. The minimum Gasteiger partial charge on any atom is -0.346 e. The lowest BCUT2D eigenvalue weighted by molar-refractivity contribution is -0.126. The Morgan fingerprint density at radius 2 is 1.40 bits per heavy atom. The van der Waals surface area contributed by atoms with Gasteiger partial charge in [0.15, 0.2) is 0 Å². The molecule has 1 aliphatic heterocycles. The molecule has 0 unspecified atom stereocenters.